The molecule has 0 amide bonds. The molecule has 3 N–H and O–H groups in total. The maximum absolute atomic E-state index is 11.9. The van der Waals surface area contributed by atoms with Gasteiger partial charge in [0.15, 0.2) is 5.96 Å². The molecule has 8 heteroatoms. The van der Waals surface area contributed by atoms with Crippen LogP contribution in [0.5, 0.6) is 0 Å². The van der Waals surface area contributed by atoms with Gasteiger partial charge in [-0.2, -0.15) is 0 Å². The van der Waals surface area contributed by atoms with Crippen molar-refractivity contribution in [2.24, 2.45) is 4.99 Å². The Balaban J connectivity index is 1.87. The predicted octanol–water partition coefficient (Wildman–Crippen LogP) is 2.16. The van der Waals surface area contributed by atoms with Gasteiger partial charge >= 0.3 is 0 Å². The molecule has 140 valence electrons. The fourth-order valence-corrected chi connectivity index (χ4v) is 3.25. The second-order valence-electron chi connectivity index (χ2n) is 5.58. The van der Waals surface area contributed by atoms with Crippen LogP contribution in [0, 0.1) is 0 Å². The van der Waals surface area contributed by atoms with E-state index in [-0.39, 0.29) is 4.90 Å². The van der Waals surface area contributed by atoms with Crippen molar-refractivity contribution < 1.29 is 8.42 Å². The molecule has 2 rings (SSSR count). The fraction of sp³-hybridized carbons (Fsp3) is 0.278. The van der Waals surface area contributed by atoms with Crippen molar-refractivity contribution in [3.05, 3.63) is 64.7 Å². The van der Waals surface area contributed by atoms with Crippen LogP contribution in [0.3, 0.4) is 0 Å². The molecule has 0 saturated carbocycles. The highest BCUT2D eigenvalue weighted by Crippen LogP contribution is 2.11. The molecule has 6 nitrogen and oxygen atoms in total. The van der Waals surface area contributed by atoms with E-state index >= 15 is 0 Å². The minimum Gasteiger partial charge on any atom is -0.356 e. The molecule has 0 saturated heterocycles. The Labute approximate surface area is 159 Å². The Hall–Kier alpha value is -2.09. The fourth-order valence-electron chi connectivity index (χ4n) is 2.32. The minimum absolute atomic E-state index is 0.241. The summed E-state index contributed by atoms with van der Waals surface area (Å²) < 4.78 is 26.1. The van der Waals surface area contributed by atoms with Gasteiger partial charge in [-0.25, -0.2) is 13.1 Å². The summed E-state index contributed by atoms with van der Waals surface area (Å²) in [6, 6.07) is 14.5. The highest BCUT2D eigenvalue weighted by molar-refractivity contribution is 7.89. The average Bonchev–Trinajstić information content (AvgIpc) is 2.66. The smallest absolute Gasteiger partial charge is 0.240 e. The Bertz CT molecular complexity index is 852. The van der Waals surface area contributed by atoms with Gasteiger partial charge < -0.3 is 10.6 Å². The summed E-state index contributed by atoms with van der Waals surface area (Å²) in [4.78, 5) is 4.42. The number of aliphatic imine (C=N–C) groups is 1. The van der Waals surface area contributed by atoms with Gasteiger partial charge in [-0.15, -0.1) is 0 Å². The average molecular weight is 395 g/mol. The summed E-state index contributed by atoms with van der Waals surface area (Å²) in [5.41, 5.74) is 2.03. The van der Waals surface area contributed by atoms with Crippen molar-refractivity contribution in [3.63, 3.8) is 0 Å². The number of hydrogen-bond acceptors (Lipinski definition) is 3. The van der Waals surface area contributed by atoms with E-state index in [1.54, 1.807) is 25.2 Å². The number of rotatable bonds is 7. The van der Waals surface area contributed by atoms with Gasteiger partial charge in [-0.1, -0.05) is 35.9 Å². The molecular formula is C18H23ClN4O2S. The third-order valence-electron chi connectivity index (χ3n) is 3.78. The monoisotopic (exact) mass is 394 g/mol. The quantitative estimate of drug-likeness (QED) is 0.496. The lowest BCUT2D eigenvalue weighted by atomic mass is 10.1. The van der Waals surface area contributed by atoms with Crippen LogP contribution in [0.25, 0.3) is 0 Å². The second kappa shape index (κ2) is 9.56. The Morgan fingerprint density at radius 3 is 2.46 bits per heavy atom. The van der Waals surface area contributed by atoms with E-state index in [0.717, 1.165) is 23.6 Å². The molecule has 26 heavy (non-hydrogen) atoms. The summed E-state index contributed by atoms with van der Waals surface area (Å²) in [6.45, 7) is 1.18. The lowest BCUT2D eigenvalue weighted by Crippen LogP contribution is -2.37. The van der Waals surface area contributed by atoms with Gasteiger partial charge in [-0.05, 0) is 48.9 Å². The highest BCUT2D eigenvalue weighted by atomic mass is 35.5. The van der Waals surface area contributed by atoms with Gasteiger partial charge in [0.05, 0.1) is 4.90 Å². The number of hydrogen-bond donors (Lipinski definition) is 3. The van der Waals surface area contributed by atoms with Crippen LogP contribution >= 0.6 is 11.6 Å². The normalized spacial score (nSPS) is 12.0. The van der Waals surface area contributed by atoms with E-state index in [2.05, 4.69) is 20.3 Å². The van der Waals surface area contributed by atoms with Crippen LogP contribution in [-0.4, -0.2) is 35.0 Å². The molecule has 0 bridgehead atoms. The maximum Gasteiger partial charge on any atom is 0.240 e. The molecule has 0 radical (unpaired) electrons. The highest BCUT2D eigenvalue weighted by Gasteiger charge is 2.11. The van der Waals surface area contributed by atoms with Crippen LogP contribution in [0.1, 0.15) is 11.1 Å². The first-order valence-corrected chi connectivity index (χ1v) is 10.0. The van der Waals surface area contributed by atoms with E-state index in [4.69, 9.17) is 11.6 Å². The molecule has 0 atom stereocenters. The topological polar surface area (TPSA) is 82.6 Å². The number of nitrogens with zero attached hydrogens (tertiary/aromatic N) is 1. The first kappa shape index (κ1) is 20.2. The summed E-state index contributed by atoms with van der Waals surface area (Å²) in [6.07, 6.45) is 0.841. The van der Waals surface area contributed by atoms with Gasteiger partial charge in [0.1, 0.15) is 0 Å². The van der Waals surface area contributed by atoms with Crippen molar-refractivity contribution in [1.82, 2.24) is 15.4 Å². The van der Waals surface area contributed by atoms with Crippen molar-refractivity contribution in [2.45, 2.75) is 17.9 Å². The molecule has 0 aliphatic carbocycles. The number of sulfonamides is 1. The van der Waals surface area contributed by atoms with E-state index in [1.165, 1.54) is 12.6 Å². The van der Waals surface area contributed by atoms with Crippen molar-refractivity contribution in [2.75, 3.05) is 20.6 Å². The van der Waals surface area contributed by atoms with Crippen LogP contribution in [-0.2, 0) is 23.0 Å². The zero-order chi connectivity index (χ0) is 19.0. The lowest BCUT2D eigenvalue weighted by molar-refractivity contribution is 0.588. The van der Waals surface area contributed by atoms with Crippen LogP contribution < -0.4 is 15.4 Å². The van der Waals surface area contributed by atoms with E-state index in [0.29, 0.717) is 12.5 Å². The molecule has 0 heterocycles. The van der Waals surface area contributed by atoms with Crippen LogP contribution in [0.2, 0.25) is 5.02 Å². The summed E-state index contributed by atoms with van der Waals surface area (Å²) in [5.74, 6) is 0.654. The number of nitrogens with one attached hydrogen (secondary N) is 3. The Morgan fingerprint density at radius 2 is 1.81 bits per heavy atom. The zero-order valence-corrected chi connectivity index (χ0v) is 16.4. The first-order chi connectivity index (χ1) is 12.4. The summed E-state index contributed by atoms with van der Waals surface area (Å²) in [7, 11) is -0.356. The molecule has 2 aromatic carbocycles. The molecule has 0 unspecified atom stereocenters. The molecule has 0 aliphatic heterocycles. The number of benzene rings is 2. The van der Waals surface area contributed by atoms with E-state index < -0.39 is 10.0 Å². The van der Waals surface area contributed by atoms with Crippen LogP contribution in [0.15, 0.2) is 58.4 Å². The standard InChI is InChI=1S/C18H23ClN4O2S/c1-20-18(22-11-10-14-6-8-16(19)9-7-14)23-13-15-4-3-5-17(12-15)26(24,25)21-2/h3-9,12,21H,10-11,13H2,1-2H3,(H2,20,22,23). The lowest BCUT2D eigenvalue weighted by Gasteiger charge is -2.12. The van der Waals surface area contributed by atoms with Crippen LogP contribution in [0.4, 0.5) is 0 Å². The third kappa shape index (κ3) is 6.01. The van der Waals surface area contributed by atoms with Gasteiger partial charge in [0, 0.05) is 25.2 Å². The molecule has 2 aromatic rings. The molecule has 0 spiro atoms. The zero-order valence-electron chi connectivity index (χ0n) is 14.8. The largest absolute Gasteiger partial charge is 0.356 e. The molecular weight excluding hydrogens is 372 g/mol. The van der Waals surface area contributed by atoms with Gasteiger partial charge in [0.25, 0.3) is 0 Å². The van der Waals surface area contributed by atoms with Gasteiger partial charge in [-0.3, -0.25) is 4.99 Å². The molecule has 0 fully saturated rings. The second-order valence-corrected chi connectivity index (χ2v) is 7.91. The van der Waals surface area contributed by atoms with Crippen molar-refractivity contribution in [1.29, 1.82) is 0 Å². The van der Waals surface area contributed by atoms with Crippen molar-refractivity contribution >= 4 is 27.6 Å². The van der Waals surface area contributed by atoms with Gasteiger partial charge in [0.2, 0.25) is 10.0 Å². The third-order valence-corrected chi connectivity index (χ3v) is 5.44. The molecule has 0 aromatic heterocycles. The first-order valence-electron chi connectivity index (χ1n) is 8.16. The summed E-state index contributed by atoms with van der Waals surface area (Å²) >= 11 is 5.88. The van der Waals surface area contributed by atoms with E-state index in [1.807, 2.05) is 30.3 Å². The maximum atomic E-state index is 11.9. The number of halogens is 1. The SMILES string of the molecule is CN=C(NCCc1ccc(Cl)cc1)NCc1cccc(S(=O)(=O)NC)c1. The Morgan fingerprint density at radius 1 is 1.08 bits per heavy atom. The van der Waals surface area contributed by atoms with Crippen molar-refractivity contribution in [3.8, 4) is 0 Å². The minimum atomic E-state index is -3.45. The van der Waals surface area contributed by atoms with E-state index in [9.17, 15) is 8.42 Å². The number of guanidine groups is 1. The predicted molar refractivity (Wildman–Crippen MR) is 106 cm³/mol. The molecule has 0 aliphatic rings. The Kier molecular flexibility index (Phi) is 7.44. The summed E-state index contributed by atoms with van der Waals surface area (Å²) in [5, 5.41) is 7.14.